The molecule has 10 aromatic rings. The second kappa shape index (κ2) is 10.8. The Balaban J connectivity index is 1.16. The lowest BCUT2D eigenvalue weighted by Gasteiger charge is -2.22. The van der Waals surface area contributed by atoms with Crippen LogP contribution in [0.1, 0.15) is 36.2 Å². The van der Waals surface area contributed by atoms with Crippen LogP contribution in [-0.2, 0) is 5.41 Å². The summed E-state index contributed by atoms with van der Waals surface area (Å²) in [7, 11) is 0. The SMILES string of the molecule is Cc1c(C)n(-c2ccc3c(c2)C(C)(C)c2ccccc2-3)c2c3ccccc3c3cc(-c4ccc(-c5nc6ccccc6o5)cc4)c4ccccc4c3c12. The van der Waals surface area contributed by atoms with Crippen molar-refractivity contribution in [1.82, 2.24) is 9.55 Å². The minimum absolute atomic E-state index is 0.0734. The second-order valence-electron chi connectivity index (χ2n) is 15.2. The zero-order valence-electron chi connectivity index (χ0n) is 30.2. The van der Waals surface area contributed by atoms with E-state index in [0.29, 0.717) is 5.89 Å². The Morgan fingerprint density at radius 1 is 0.528 bits per heavy atom. The van der Waals surface area contributed by atoms with Gasteiger partial charge in [0.2, 0.25) is 5.89 Å². The molecule has 8 aromatic carbocycles. The van der Waals surface area contributed by atoms with E-state index in [1.54, 1.807) is 0 Å². The van der Waals surface area contributed by atoms with Crippen LogP contribution in [-0.4, -0.2) is 9.55 Å². The van der Waals surface area contributed by atoms with Crippen molar-refractivity contribution >= 4 is 54.3 Å². The summed E-state index contributed by atoms with van der Waals surface area (Å²) in [4.78, 5) is 4.74. The van der Waals surface area contributed by atoms with Gasteiger partial charge in [-0.15, -0.1) is 0 Å². The van der Waals surface area contributed by atoms with Gasteiger partial charge in [0.25, 0.3) is 0 Å². The van der Waals surface area contributed by atoms with Gasteiger partial charge in [0.1, 0.15) is 5.52 Å². The molecule has 3 heteroatoms. The van der Waals surface area contributed by atoms with E-state index in [-0.39, 0.29) is 5.41 Å². The van der Waals surface area contributed by atoms with Gasteiger partial charge < -0.3 is 8.98 Å². The minimum atomic E-state index is -0.0734. The standard InChI is InChI=1S/C50H36N2O/c1-29-30(2)52(33-25-26-37-36-15-9-10-18-42(36)50(3,4)43(37)27-33)48-39-17-8-6-14-35(39)41-28-40(34-13-5-7-16-38(34)47(41)46(29)48)31-21-23-32(24-22-31)49-51-44-19-11-12-20-45(44)53-49/h5-28H,1-4H3. The molecule has 11 rings (SSSR count). The summed E-state index contributed by atoms with van der Waals surface area (Å²) in [6, 6.07) is 52.9. The number of nitrogens with zero attached hydrogens (tertiary/aromatic N) is 2. The molecule has 1 aliphatic carbocycles. The largest absolute Gasteiger partial charge is 0.436 e. The highest BCUT2D eigenvalue weighted by atomic mass is 16.3. The van der Waals surface area contributed by atoms with Gasteiger partial charge in [-0.2, -0.15) is 0 Å². The summed E-state index contributed by atoms with van der Waals surface area (Å²) in [6.07, 6.45) is 0. The van der Waals surface area contributed by atoms with E-state index in [4.69, 9.17) is 9.40 Å². The van der Waals surface area contributed by atoms with Gasteiger partial charge in [-0.25, -0.2) is 4.98 Å². The zero-order valence-corrected chi connectivity index (χ0v) is 30.2. The van der Waals surface area contributed by atoms with Crippen LogP contribution in [0.3, 0.4) is 0 Å². The van der Waals surface area contributed by atoms with Crippen molar-refractivity contribution in [3.63, 3.8) is 0 Å². The average Bonchev–Trinajstić information content (AvgIpc) is 3.82. The Morgan fingerprint density at radius 3 is 2.00 bits per heavy atom. The molecule has 0 fully saturated rings. The quantitative estimate of drug-likeness (QED) is 0.174. The van der Waals surface area contributed by atoms with Crippen LogP contribution in [0.25, 0.3) is 93.7 Å². The molecule has 2 heterocycles. The van der Waals surface area contributed by atoms with Gasteiger partial charge in [0.05, 0.1) is 5.52 Å². The Labute approximate surface area is 307 Å². The van der Waals surface area contributed by atoms with Gasteiger partial charge in [-0.1, -0.05) is 117 Å². The lowest BCUT2D eigenvalue weighted by molar-refractivity contribution is 0.620. The number of hydrogen-bond donors (Lipinski definition) is 0. The van der Waals surface area contributed by atoms with E-state index in [1.807, 2.05) is 24.3 Å². The highest BCUT2D eigenvalue weighted by molar-refractivity contribution is 6.33. The Morgan fingerprint density at radius 2 is 1.19 bits per heavy atom. The number of rotatable bonds is 3. The number of hydrogen-bond acceptors (Lipinski definition) is 2. The van der Waals surface area contributed by atoms with Crippen molar-refractivity contribution in [2.24, 2.45) is 0 Å². The third-order valence-corrected chi connectivity index (χ3v) is 12.0. The summed E-state index contributed by atoms with van der Waals surface area (Å²) in [5.41, 5.74) is 15.5. The summed E-state index contributed by atoms with van der Waals surface area (Å²) < 4.78 is 8.63. The number of aryl methyl sites for hydroxylation is 1. The number of oxazole rings is 1. The molecular formula is C50H36N2O. The predicted molar refractivity (Wildman–Crippen MR) is 221 cm³/mol. The third kappa shape index (κ3) is 4.13. The fraction of sp³-hybridized carbons (Fsp3) is 0.100. The van der Waals surface area contributed by atoms with Crippen molar-refractivity contribution in [3.8, 4) is 39.4 Å². The molecule has 0 aliphatic heterocycles. The van der Waals surface area contributed by atoms with Gasteiger partial charge in [0, 0.05) is 33.1 Å². The van der Waals surface area contributed by atoms with Gasteiger partial charge in [-0.05, 0) is 122 Å². The Bertz CT molecular complexity index is 3120. The van der Waals surface area contributed by atoms with E-state index in [1.165, 1.54) is 93.5 Å². The lowest BCUT2D eigenvalue weighted by Crippen LogP contribution is -2.15. The fourth-order valence-electron chi connectivity index (χ4n) is 9.33. The third-order valence-electron chi connectivity index (χ3n) is 12.0. The lowest BCUT2D eigenvalue weighted by atomic mass is 9.82. The van der Waals surface area contributed by atoms with E-state index in [2.05, 4.69) is 154 Å². The maximum atomic E-state index is 6.10. The molecule has 0 radical (unpaired) electrons. The van der Waals surface area contributed by atoms with Crippen molar-refractivity contribution in [1.29, 1.82) is 0 Å². The van der Waals surface area contributed by atoms with Crippen LogP contribution in [0, 0.1) is 13.8 Å². The molecule has 0 spiro atoms. The highest BCUT2D eigenvalue weighted by Gasteiger charge is 2.35. The maximum absolute atomic E-state index is 6.10. The zero-order chi connectivity index (χ0) is 35.6. The Kier molecular flexibility index (Phi) is 6.15. The number of fused-ring (bicyclic) bond motifs is 12. The fourth-order valence-corrected chi connectivity index (χ4v) is 9.33. The number of aromatic nitrogens is 2. The van der Waals surface area contributed by atoms with Crippen molar-refractivity contribution < 1.29 is 4.42 Å². The van der Waals surface area contributed by atoms with Crippen LogP contribution in [0.2, 0.25) is 0 Å². The van der Waals surface area contributed by atoms with Crippen LogP contribution < -0.4 is 0 Å². The van der Waals surface area contributed by atoms with Crippen molar-refractivity contribution in [3.05, 3.63) is 168 Å². The minimum Gasteiger partial charge on any atom is -0.436 e. The molecule has 2 aromatic heterocycles. The monoisotopic (exact) mass is 680 g/mol. The van der Waals surface area contributed by atoms with Crippen LogP contribution in [0.5, 0.6) is 0 Å². The molecule has 0 N–H and O–H groups in total. The molecule has 1 aliphatic rings. The molecule has 252 valence electrons. The van der Waals surface area contributed by atoms with Crippen LogP contribution in [0.15, 0.2) is 150 Å². The highest BCUT2D eigenvalue weighted by Crippen LogP contribution is 2.50. The van der Waals surface area contributed by atoms with Crippen LogP contribution >= 0.6 is 0 Å². The van der Waals surface area contributed by atoms with Crippen LogP contribution in [0.4, 0.5) is 0 Å². The molecule has 0 saturated carbocycles. The molecule has 53 heavy (non-hydrogen) atoms. The molecule has 0 amide bonds. The summed E-state index contributed by atoms with van der Waals surface area (Å²) in [5.74, 6) is 0.640. The van der Waals surface area contributed by atoms with Gasteiger partial charge >= 0.3 is 0 Å². The maximum Gasteiger partial charge on any atom is 0.227 e. The molecule has 0 unspecified atom stereocenters. The first kappa shape index (κ1) is 30.2. The first-order valence-corrected chi connectivity index (χ1v) is 18.5. The van der Waals surface area contributed by atoms with Gasteiger partial charge in [-0.3, -0.25) is 0 Å². The first-order valence-electron chi connectivity index (χ1n) is 18.5. The molecular weight excluding hydrogens is 645 g/mol. The normalized spacial score (nSPS) is 13.4. The molecule has 0 saturated heterocycles. The number of benzene rings is 8. The molecule has 0 atom stereocenters. The van der Waals surface area contributed by atoms with E-state index >= 15 is 0 Å². The summed E-state index contributed by atoms with van der Waals surface area (Å²) in [5, 5.41) is 8.95. The average molecular weight is 681 g/mol. The number of para-hydroxylation sites is 2. The van der Waals surface area contributed by atoms with E-state index in [0.717, 1.165) is 16.7 Å². The molecule has 0 bridgehead atoms. The molecule has 3 nitrogen and oxygen atoms in total. The summed E-state index contributed by atoms with van der Waals surface area (Å²) >= 11 is 0. The van der Waals surface area contributed by atoms with Crippen molar-refractivity contribution in [2.45, 2.75) is 33.1 Å². The van der Waals surface area contributed by atoms with Crippen molar-refractivity contribution in [2.75, 3.05) is 0 Å². The predicted octanol–water partition coefficient (Wildman–Crippen LogP) is 13.5. The summed E-state index contributed by atoms with van der Waals surface area (Å²) in [6.45, 7) is 9.33. The smallest absolute Gasteiger partial charge is 0.227 e. The Hall–Kier alpha value is -6.45. The topological polar surface area (TPSA) is 31.0 Å². The van der Waals surface area contributed by atoms with E-state index < -0.39 is 0 Å². The second-order valence-corrected chi connectivity index (χ2v) is 15.2. The van der Waals surface area contributed by atoms with Gasteiger partial charge in [0.15, 0.2) is 5.58 Å². The first-order chi connectivity index (χ1) is 25.9. The van der Waals surface area contributed by atoms with E-state index in [9.17, 15) is 0 Å².